The molecule has 25 heavy (non-hydrogen) atoms. The molecule has 130 valence electrons. The van der Waals surface area contributed by atoms with Gasteiger partial charge in [0.2, 0.25) is 0 Å². The number of aryl methyl sites for hydroxylation is 1. The monoisotopic (exact) mass is 363 g/mol. The summed E-state index contributed by atoms with van der Waals surface area (Å²) in [4.78, 5) is 33.0. The fourth-order valence-corrected chi connectivity index (χ4v) is 2.23. The molecule has 0 atom stereocenters. The van der Waals surface area contributed by atoms with Crippen LogP contribution in [0.2, 0.25) is 5.02 Å². The number of aromatic carboxylic acids is 1. The van der Waals surface area contributed by atoms with Crippen LogP contribution in [0.15, 0.2) is 36.4 Å². The molecule has 0 fully saturated rings. The van der Waals surface area contributed by atoms with Crippen LogP contribution in [0.4, 0.5) is 16.2 Å². The third kappa shape index (κ3) is 4.67. The summed E-state index contributed by atoms with van der Waals surface area (Å²) in [5.41, 5.74) is 0.831. The van der Waals surface area contributed by atoms with Crippen molar-refractivity contribution in [3.8, 4) is 0 Å². The number of nitro groups is 1. The molecule has 0 aromatic heterocycles. The Morgan fingerprint density at radius 3 is 2.56 bits per heavy atom. The molecule has 2 amide bonds. The quantitative estimate of drug-likeness (QED) is 0.553. The van der Waals surface area contributed by atoms with E-state index in [9.17, 15) is 19.7 Å². The molecule has 0 bridgehead atoms. The van der Waals surface area contributed by atoms with Crippen molar-refractivity contribution in [2.75, 3.05) is 5.32 Å². The molecule has 2 aromatic rings. The van der Waals surface area contributed by atoms with Crippen molar-refractivity contribution in [3.63, 3.8) is 0 Å². The summed E-state index contributed by atoms with van der Waals surface area (Å²) in [6.07, 6.45) is 0. The molecule has 0 saturated carbocycles. The maximum Gasteiger partial charge on any atom is 0.342 e. The number of anilines is 1. The van der Waals surface area contributed by atoms with Gasteiger partial charge in [0, 0.05) is 23.3 Å². The molecule has 2 rings (SSSR count). The number of amides is 2. The first kappa shape index (κ1) is 18.2. The standard InChI is InChI=1S/C16H14ClN3O5/c1-9-2-4-11(7-13(9)17)19-16(23)18-8-10-3-5-12(15(21)22)14(6-10)20(24)25/h2-7H,8H2,1H3,(H,21,22)(H2,18,19,23). The first-order valence-electron chi connectivity index (χ1n) is 7.09. The van der Waals surface area contributed by atoms with Crippen LogP contribution in [0.25, 0.3) is 0 Å². The van der Waals surface area contributed by atoms with Gasteiger partial charge in [-0.15, -0.1) is 0 Å². The number of halogens is 1. The largest absolute Gasteiger partial charge is 0.477 e. The lowest BCUT2D eigenvalue weighted by atomic mass is 10.1. The van der Waals surface area contributed by atoms with Crippen LogP contribution in [0.1, 0.15) is 21.5 Å². The molecule has 3 N–H and O–H groups in total. The van der Waals surface area contributed by atoms with E-state index in [0.29, 0.717) is 16.3 Å². The highest BCUT2D eigenvalue weighted by Crippen LogP contribution is 2.21. The second-order valence-electron chi connectivity index (χ2n) is 5.19. The van der Waals surface area contributed by atoms with Gasteiger partial charge in [0.25, 0.3) is 5.69 Å². The number of hydrogen-bond donors (Lipinski definition) is 3. The topological polar surface area (TPSA) is 122 Å². The Kier molecular flexibility index (Phi) is 5.56. The van der Waals surface area contributed by atoms with Crippen LogP contribution in [-0.4, -0.2) is 22.0 Å². The second kappa shape index (κ2) is 7.63. The van der Waals surface area contributed by atoms with E-state index in [-0.39, 0.29) is 6.54 Å². The number of urea groups is 1. The zero-order valence-corrected chi connectivity index (χ0v) is 13.8. The van der Waals surface area contributed by atoms with Gasteiger partial charge >= 0.3 is 12.0 Å². The lowest BCUT2D eigenvalue weighted by Crippen LogP contribution is -2.28. The van der Waals surface area contributed by atoms with Crippen molar-refractivity contribution in [1.29, 1.82) is 0 Å². The average Bonchev–Trinajstić information content (AvgIpc) is 2.56. The van der Waals surface area contributed by atoms with Gasteiger partial charge in [-0.25, -0.2) is 9.59 Å². The van der Waals surface area contributed by atoms with Crippen LogP contribution in [0.5, 0.6) is 0 Å². The maximum atomic E-state index is 11.9. The van der Waals surface area contributed by atoms with Crippen LogP contribution < -0.4 is 10.6 Å². The molecule has 0 aliphatic carbocycles. The molecule has 2 aromatic carbocycles. The van der Waals surface area contributed by atoms with Crippen LogP contribution >= 0.6 is 11.6 Å². The number of nitrogens with one attached hydrogen (secondary N) is 2. The van der Waals surface area contributed by atoms with E-state index < -0.39 is 28.2 Å². The minimum atomic E-state index is -1.39. The highest BCUT2D eigenvalue weighted by atomic mass is 35.5. The Bertz CT molecular complexity index is 854. The Balaban J connectivity index is 2.04. The average molecular weight is 364 g/mol. The molecule has 9 heteroatoms. The van der Waals surface area contributed by atoms with Crippen molar-refractivity contribution in [3.05, 3.63) is 68.2 Å². The molecule has 0 unspecified atom stereocenters. The van der Waals surface area contributed by atoms with Crippen molar-refractivity contribution >= 4 is 35.0 Å². The van der Waals surface area contributed by atoms with E-state index >= 15 is 0 Å². The minimum absolute atomic E-state index is 0.00777. The van der Waals surface area contributed by atoms with Gasteiger partial charge in [-0.3, -0.25) is 10.1 Å². The smallest absolute Gasteiger partial charge is 0.342 e. The van der Waals surface area contributed by atoms with Crippen LogP contribution in [0.3, 0.4) is 0 Å². The zero-order valence-electron chi connectivity index (χ0n) is 13.1. The fourth-order valence-electron chi connectivity index (χ4n) is 2.05. The lowest BCUT2D eigenvalue weighted by molar-refractivity contribution is -0.385. The normalized spacial score (nSPS) is 10.2. The minimum Gasteiger partial charge on any atom is -0.477 e. The molecule has 0 radical (unpaired) electrons. The third-order valence-corrected chi connectivity index (χ3v) is 3.78. The molecule has 8 nitrogen and oxygen atoms in total. The first-order chi connectivity index (χ1) is 11.8. The molecule has 0 aliphatic rings. The third-order valence-electron chi connectivity index (χ3n) is 3.37. The van der Waals surface area contributed by atoms with Gasteiger partial charge in [-0.2, -0.15) is 0 Å². The number of hydrogen-bond acceptors (Lipinski definition) is 4. The Hall–Kier alpha value is -3.13. The van der Waals surface area contributed by atoms with E-state index in [4.69, 9.17) is 16.7 Å². The van der Waals surface area contributed by atoms with Crippen LogP contribution in [-0.2, 0) is 6.54 Å². The van der Waals surface area contributed by atoms with Gasteiger partial charge in [-0.05, 0) is 36.2 Å². The number of carboxylic acid groups (broad SMARTS) is 1. The van der Waals surface area contributed by atoms with Crippen molar-refractivity contribution in [2.24, 2.45) is 0 Å². The summed E-state index contributed by atoms with van der Waals surface area (Å²) in [5.74, 6) is -1.39. The summed E-state index contributed by atoms with van der Waals surface area (Å²) in [7, 11) is 0. The number of carboxylic acids is 1. The van der Waals surface area contributed by atoms with Gasteiger partial charge in [0.1, 0.15) is 5.56 Å². The Labute approximate surface area is 147 Å². The molecule has 0 heterocycles. The molecular weight excluding hydrogens is 350 g/mol. The van der Waals surface area contributed by atoms with Gasteiger partial charge in [0.15, 0.2) is 0 Å². The van der Waals surface area contributed by atoms with Gasteiger partial charge in [0.05, 0.1) is 4.92 Å². The van der Waals surface area contributed by atoms with Gasteiger partial charge in [-0.1, -0.05) is 23.7 Å². The second-order valence-corrected chi connectivity index (χ2v) is 5.59. The molecule has 0 spiro atoms. The van der Waals surface area contributed by atoms with E-state index in [0.717, 1.165) is 17.7 Å². The van der Waals surface area contributed by atoms with Crippen molar-refractivity contribution in [1.82, 2.24) is 5.32 Å². The molecule has 0 saturated heterocycles. The maximum absolute atomic E-state index is 11.9. The Morgan fingerprint density at radius 1 is 1.24 bits per heavy atom. The summed E-state index contributed by atoms with van der Waals surface area (Å²) >= 11 is 5.97. The summed E-state index contributed by atoms with van der Waals surface area (Å²) < 4.78 is 0. The first-order valence-corrected chi connectivity index (χ1v) is 7.47. The summed E-state index contributed by atoms with van der Waals surface area (Å²) in [6.45, 7) is 1.83. The molecule has 0 aliphatic heterocycles. The number of benzene rings is 2. The lowest BCUT2D eigenvalue weighted by Gasteiger charge is -2.09. The number of carbonyl (C=O) groups excluding carboxylic acids is 1. The summed E-state index contributed by atoms with van der Waals surface area (Å²) in [6, 6.07) is 8.17. The van der Waals surface area contributed by atoms with Crippen molar-refractivity contribution < 1.29 is 19.6 Å². The number of rotatable bonds is 5. The number of nitro benzene ring substituents is 1. The summed E-state index contributed by atoms with van der Waals surface area (Å²) in [5, 5.41) is 25.5. The molecular formula is C16H14ClN3O5. The number of carbonyl (C=O) groups is 2. The predicted molar refractivity (Wildman–Crippen MR) is 92.1 cm³/mol. The van der Waals surface area contributed by atoms with E-state index in [1.807, 2.05) is 6.92 Å². The zero-order chi connectivity index (χ0) is 18.6. The fraction of sp³-hybridized carbons (Fsp3) is 0.125. The SMILES string of the molecule is Cc1ccc(NC(=O)NCc2ccc(C(=O)O)c([N+](=O)[O-])c2)cc1Cl. The van der Waals surface area contributed by atoms with Crippen molar-refractivity contribution in [2.45, 2.75) is 13.5 Å². The van der Waals surface area contributed by atoms with E-state index in [1.165, 1.54) is 6.07 Å². The number of nitrogens with zero attached hydrogens (tertiary/aromatic N) is 1. The van der Waals surface area contributed by atoms with E-state index in [1.54, 1.807) is 18.2 Å². The highest BCUT2D eigenvalue weighted by molar-refractivity contribution is 6.31. The Morgan fingerprint density at radius 2 is 1.96 bits per heavy atom. The van der Waals surface area contributed by atoms with E-state index in [2.05, 4.69) is 10.6 Å². The highest BCUT2D eigenvalue weighted by Gasteiger charge is 2.20. The predicted octanol–water partition coefficient (Wildman–Crippen LogP) is 3.58. The van der Waals surface area contributed by atoms with Crippen LogP contribution in [0, 0.1) is 17.0 Å². The van der Waals surface area contributed by atoms with Gasteiger partial charge < -0.3 is 15.7 Å².